The smallest absolute Gasteiger partial charge is 0.191 e. The van der Waals surface area contributed by atoms with Crippen LogP contribution in [0.1, 0.15) is 38.2 Å². The first-order valence-electron chi connectivity index (χ1n) is 11.1. The second-order valence-corrected chi connectivity index (χ2v) is 8.46. The number of benzene rings is 1. The van der Waals surface area contributed by atoms with Crippen LogP contribution in [-0.4, -0.2) is 71.0 Å². The van der Waals surface area contributed by atoms with Crippen molar-refractivity contribution in [1.82, 2.24) is 15.5 Å². The third kappa shape index (κ3) is 7.98. The van der Waals surface area contributed by atoms with E-state index in [4.69, 9.17) is 14.2 Å². The lowest BCUT2D eigenvalue weighted by Gasteiger charge is -2.21. The normalized spacial score (nSPS) is 20.1. The maximum Gasteiger partial charge on any atom is 0.191 e. The Bertz CT molecular complexity index is 690. The Balaban J connectivity index is 0.00000341. The summed E-state index contributed by atoms with van der Waals surface area (Å²) in [6.45, 7) is 7.63. The SMILES string of the molecule is CCOCCC1(CNC(=NC)NC2CCN(Cc3cc(OC)cc(OC)c3)C2)CC1.I. The van der Waals surface area contributed by atoms with Gasteiger partial charge >= 0.3 is 0 Å². The molecule has 0 spiro atoms. The van der Waals surface area contributed by atoms with Crippen LogP contribution in [0.15, 0.2) is 23.2 Å². The summed E-state index contributed by atoms with van der Waals surface area (Å²) in [4.78, 5) is 6.91. The van der Waals surface area contributed by atoms with Crippen molar-refractivity contribution in [3.8, 4) is 11.5 Å². The molecule has 1 atom stereocenters. The van der Waals surface area contributed by atoms with Gasteiger partial charge in [-0.2, -0.15) is 0 Å². The van der Waals surface area contributed by atoms with Crippen LogP contribution in [0.2, 0.25) is 0 Å². The van der Waals surface area contributed by atoms with Gasteiger partial charge in [0, 0.05) is 58.5 Å². The van der Waals surface area contributed by atoms with Crippen molar-refractivity contribution in [2.24, 2.45) is 10.4 Å². The number of ether oxygens (including phenoxy) is 3. The van der Waals surface area contributed by atoms with Crippen molar-refractivity contribution in [2.45, 2.75) is 45.2 Å². The average molecular weight is 546 g/mol. The van der Waals surface area contributed by atoms with E-state index in [1.54, 1.807) is 14.2 Å². The summed E-state index contributed by atoms with van der Waals surface area (Å²) in [5.74, 6) is 2.58. The quantitative estimate of drug-likeness (QED) is 0.192. The lowest BCUT2D eigenvalue weighted by molar-refractivity contribution is 0.128. The van der Waals surface area contributed by atoms with E-state index in [-0.39, 0.29) is 24.0 Å². The van der Waals surface area contributed by atoms with Crippen molar-refractivity contribution >= 4 is 29.9 Å². The number of guanidine groups is 1. The number of rotatable bonds is 11. The molecule has 1 aromatic carbocycles. The van der Waals surface area contributed by atoms with E-state index in [0.717, 1.165) is 69.7 Å². The molecule has 1 saturated carbocycles. The minimum atomic E-state index is 0. The zero-order valence-corrected chi connectivity index (χ0v) is 21.7. The highest BCUT2D eigenvalue weighted by Crippen LogP contribution is 2.48. The van der Waals surface area contributed by atoms with Crippen LogP contribution in [-0.2, 0) is 11.3 Å². The summed E-state index contributed by atoms with van der Waals surface area (Å²) in [5, 5.41) is 7.16. The topological polar surface area (TPSA) is 67.4 Å². The van der Waals surface area contributed by atoms with Gasteiger partial charge in [0.05, 0.1) is 14.2 Å². The fourth-order valence-corrected chi connectivity index (χ4v) is 4.09. The Morgan fingerprint density at radius 3 is 2.48 bits per heavy atom. The number of halogens is 1. The summed E-state index contributed by atoms with van der Waals surface area (Å²) in [6, 6.07) is 6.48. The van der Waals surface area contributed by atoms with Crippen molar-refractivity contribution < 1.29 is 14.2 Å². The summed E-state index contributed by atoms with van der Waals surface area (Å²) in [7, 11) is 5.23. The minimum absolute atomic E-state index is 0. The maximum atomic E-state index is 5.54. The number of aliphatic imine (C=N–C) groups is 1. The number of methoxy groups -OCH3 is 2. The molecule has 1 aromatic rings. The number of hydrogen-bond acceptors (Lipinski definition) is 5. The molecule has 176 valence electrons. The highest BCUT2D eigenvalue weighted by Gasteiger charge is 2.42. The predicted molar refractivity (Wildman–Crippen MR) is 136 cm³/mol. The third-order valence-corrected chi connectivity index (χ3v) is 6.22. The average Bonchev–Trinajstić information content (AvgIpc) is 3.40. The van der Waals surface area contributed by atoms with E-state index in [2.05, 4.69) is 39.6 Å². The molecule has 2 aliphatic rings. The van der Waals surface area contributed by atoms with Crippen LogP contribution < -0.4 is 20.1 Å². The molecule has 2 fully saturated rings. The van der Waals surface area contributed by atoms with E-state index in [1.807, 2.05) is 13.1 Å². The van der Waals surface area contributed by atoms with Gasteiger partial charge in [0.25, 0.3) is 0 Å². The molecular formula is C23H39IN4O3. The molecule has 31 heavy (non-hydrogen) atoms. The summed E-state index contributed by atoms with van der Waals surface area (Å²) in [5.41, 5.74) is 1.61. The molecule has 2 N–H and O–H groups in total. The molecule has 1 aliphatic heterocycles. The molecule has 1 unspecified atom stereocenters. The van der Waals surface area contributed by atoms with Gasteiger partial charge in [0.1, 0.15) is 11.5 Å². The first-order valence-corrected chi connectivity index (χ1v) is 11.1. The van der Waals surface area contributed by atoms with Gasteiger partial charge in [0.2, 0.25) is 0 Å². The van der Waals surface area contributed by atoms with E-state index >= 15 is 0 Å². The summed E-state index contributed by atoms with van der Waals surface area (Å²) >= 11 is 0. The third-order valence-electron chi connectivity index (χ3n) is 6.22. The van der Waals surface area contributed by atoms with Crippen LogP contribution in [0.5, 0.6) is 11.5 Å². The van der Waals surface area contributed by atoms with Crippen LogP contribution in [0, 0.1) is 5.41 Å². The lowest BCUT2D eigenvalue weighted by atomic mass is 10.0. The van der Waals surface area contributed by atoms with E-state index < -0.39 is 0 Å². The molecular weight excluding hydrogens is 507 g/mol. The van der Waals surface area contributed by atoms with Crippen LogP contribution in [0.25, 0.3) is 0 Å². The molecule has 8 heteroatoms. The Hall–Kier alpha value is -1.26. The van der Waals surface area contributed by atoms with Crippen LogP contribution in [0.4, 0.5) is 0 Å². The van der Waals surface area contributed by atoms with E-state index in [9.17, 15) is 0 Å². The van der Waals surface area contributed by atoms with Gasteiger partial charge in [-0.05, 0) is 55.7 Å². The molecule has 1 heterocycles. The van der Waals surface area contributed by atoms with Gasteiger partial charge in [-0.15, -0.1) is 24.0 Å². The zero-order valence-electron chi connectivity index (χ0n) is 19.4. The van der Waals surface area contributed by atoms with Crippen molar-refractivity contribution in [3.05, 3.63) is 23.8 Å². The lowest BCUT2D eigenvalue weighted by Crippen LogP contribution is -2.46. The van der Waals surface area contributed by atoms with E-state index in [1.165, 1.54) is 18.4 Å². The minimum Gasteiger partial charge on any atom is -0.497 e. The highest BCUT2D eigenvalue weighted by atomic mass is 127. The van der Waals surface area contributed by atoms with Gasteiger partial charge in [0.15, 0.2) is 5.96 Å². The fourth-order valence-electron chi connectivity index (χ4n) is 4.09. The van der Waals surface area contributed by atoms with E-state index in [0.29, 0.717) is 11.5 Å². The van der Waals surface area contributed by atoms with Crippen LogP contribution in [0.3, 0.4) is 0 Å². The Kier molecular flexibility index (Phi) is 10.6. The second kappa shape index (κ2) is 12.7. The number of nitrogens with one attached hydrogen (secondary N) is 2. The van der Waals surface area contributed by atoms with Gasteiger partial charge < -0.3 is 24.8 Å². The largest absolute Gasteiger partial charge is 0.497 e. The Morgan fingerprint density at radius 2 is 1.90 bits per heavy atom. The molecule has 0 amide bonds. The number of hydrogen-bond donors (Lipinski definition) is 2. The number of nitrogens with zero attached hydrogens (tertiary/aromatic N) is 2. The summed E-state index contributed by atoms with van der Waals surface area (Å²) in [6.07, 6.45) is 4.81. The first kappa shape index (κ1) is 26.0. The molecule has 0 radical (unpaired) electrons. The van der Waals surface area contributed by atoms with Crippen molar-refractivity contribution in [1.29, 1.82) is 0 Å². The molecule has 0 aromatic heterocycles. The molecule has 1 aliphatic carbocycles. The maximum absolute atomic E-state index is 5.54. The molecule has 0 bridgehead atoms. The van der Waals surface area contributed by atoms with Gasteiger partial charge in [-0.1, -0.05) is 0 Å². The Morgan fingerprint density at radius 1 is 1.19 bits per heavy atom. The molecule has 1 saturated heterocycles. The Labute approximate surface area is 204 Å². The molecule has 7 nitrogen and oxygen atoms in total. The fraction of sp³-hybridized carbons (Fsp3) is 0.696. The van der Waals surface area contributed by atoms with Gasteiger partial charge in [-0.25, -0.2) is 0 Å². The highest BCUT2D eigenvalue weighted by molar-refractivity contribution is 14.0. The standard InChI is InChI=1S/C23H38N4O3.HI/c1-5-30-11-9-23(7-8-23)17-25-22(24-2)26-19-6-10-27(16-19)15-18-12-20(28-3)14-21(13-18)29-4;/h12-14,19H,5-11,15-17H2,1-4H3,(H2,24,25,26);1H. The zero-order chi connectivity index (χ0) is 21.4. The van der Waals surface area contributed by atoms with Crippen molar-refractivity contribution in [2.75, 3.05) is 54.1 Å². The monoisotopic (exact) mass is 546 g/mol. The van der Waals surface area contributed by atoms with Gasteiger partial charge in [-0.3, -0.25) is 9.89 Å². The summed E-state index contributed by atoms with van der Waals surface area (Å²) < 4.78 is 16.3. The second-order valence-electron chi connectivity index (χ2n) is 8.46. The van der Waals surface area contributed by atoms with Crippen molar-refractivity contribution in [3.63, 3.8) is 0 Å². The van der Waals surface area contributed by atoms with Crippen LogP contribution >= 0.6 is 24.0 Å². The number of likely N-dealkylation sites (tertiary alicyclic amines) is 1. The molecule has 3 rings (SSSR count). The predicted octanol–water partition coefficient (Wildman–Crippen LogP) is 3.27. The first-order chi connectivity index (χ1) is 14.6.